The zero-order chi connectivity index (χ0) is 13.8. The number of halogens is 1. The van der Waals surface area contributed by atoms with Gasteiger partial charge in [0, 0.05) is 22.7 Å². The van der Waals surface area contributed by atoms with Crippen molar-refractivity contribution in [1.82, 2.24) is 4.98 Å². The highest BCUT2D eigenvalue weighted by Gasteiger charge is 2.11. The Labute approximate surface area is 121 Å². The Kier molecular flexibility index (Phi) is 4.56. The quantitative estimate of drug-likeness (QED) is 0.924. The molecule has 0 saturated heterocycles. The molecule has 1 heterocycles. The van der Waals surface area contributed by atoms with Crippen molar-refractivity contribution in [2.75, 3.05) is 5.32 Å². The zero-order valence-electron chi connectivity index (χ0n) is 10.9. The fourth-order valence-electron chi connectivity index (χ4n) is 1.67. The van der Waals surface area contributed by atoms with Gasteiger partial charge >= 0.3 is 0 Å². The summed E-state index contributed by atoms with van der Waals surface area (Å²) in [6.07, 6.45) is 1.20. The van der Waals surface area contributed by atoms with Crippen molar-refractivity contribution >= 4 is 34.0 Å². The standard InChI is InChI=1S/C14H15ClN2OS/c1-3-13(18)17-14-16-9(2)12(19-14)8-10-6-4-5-7-11(10)15/h4-7H,3,8H2,1-2H3,(H,16,17,18). The normalized spacial score (nSPS) is 10.5. The monoisotopic (exact) mass is 294 g/mol. The lowest BCUT2D eigenvalue weighted by Gasteiger charge is -2.02. The van der Waals surface area contributed by atoms with Gasteiger partial charge in [-0.2, -0.15) is 0 Å². The number of carbonyl (C=O) groups is 1. The number of thiazole rings is 1. The van der Waals surface area contributed by atoms with E-state index in [0.29, 0.717) is 11.6 Å². The minimum atomic E-state index is -0.0157. The van der Waals surface area contributed by atoms with Crippen LogP contribution in [0.25, 0.3) is 0 Å². The van der Waals surface area contributed by atoms with E-state index in [9.17, 15) is 4.79 Å². The van der Waals surface area contributed by atoms with Crippen molar-refractivity contribution in [3.63, 3.8) is 0 Å². The van der Waals surface area contributed by atoms with Crippen molar-refractivity contribution in [3.05, 3.63) is 45.4 Å². The topological polar surface area (TPSA) is 42.0 Å². The minimum absolute atomic E-state index is 0.0157. The highest BCUT2D eigenvalue weighted by atomic mass is 35.5. The van der Waals surface area contributed by atoms with Crippen LogP contribution in [-0.4, -0.2) is 10.9 Å². The first-order valence-corrected chi connectivity index (χ1v) is 7.29. The molecule has 0 aliphatic carbocycles. The number of aryl methyl sites for hydroxylation is 1. The molecule has 0 aliphatic heterocycles. The van der Waals surface area contributed by atoms with Gasteiger partial charge in [-0.1, -0.05) is 36.7 Å². The van der Waals surface area contributed by atoms with Crippen molar-refractivity contribution in [3.8, 4) is 0 Å². The van der Waals surface area contributed by atoms with E-state index < -0.39 is 0 Å². The largest absolute Gasteiger partial charge is 0.302 e. The predicted octanol–water partition coefficient (Wildman–Crippen LogP) is 4.04. The summed E-state index contributed by atoms with van der Waals surface area (Å²) < 4.78 is 0. The second-order valence-corrected chi connectivity index (χ2v) is 5.69. The van der Waals surface area contributed by atoms with Crippen LogP contribution in [0.2, 0.25) is 5.02 Å². The molecule has 0 spiro atoms. The van der Waals surface area contributed by atoms with Crippen molar-refractivity contribution in [2.45, 2.75) is 26.7 Å². The van der Waals surface area contributed by atoms with E-state index in [1.807, 2.05) is 38.1 Å². The number of nitrogens with zero attached hydrogens (tertiary/aromatic N) is 1. The molecule has 0 bridgehead atoms. The minimum Gasteiger partial charge on any atom is -0.302 e. The second kappa shape index (κ2) is 6.17. The molecule has 2 rings (SSSR count). The van der Waals surface area contributed by atoms with E-state index in [1.165, 1.54) is 11.3 Å². The highest BCUT2D eigenvalue weighted by molar-refractivity contribution is 7.15. The summed E-state index contributed by atoms with van der Waals surface area (Å²) in [6.45, 7) is 3.77. The van der Waals surface area contributed by atoms with Gasteiger partial charge in [0.05, 0.1) is 5.69 Å². The Morgan fingerprint density at radius 2 is 2.16 bits per heavy atom. The van der Waals surface area contributed by atoms with E-state index in [0.717, 1.165) is 27.6 Å². The number of nitrogens with one attached hydrogen (secondary N) is 1. The lowest BCUT2D eigenvalue weighted by molar-refractivity contribution is -0.115. The van der Waals surface area contributed by atoms with Crippen LogP contribution in [0.5, 0.6) is 0 Å². The van der Waals surface area contributed by atoms with Crippen LogP contribution in [-0.2, 0) is 11.2 Å². The molecule has 5 heteroatoms. The lowest BCUT2D eigenvalue weighted by atomic mass is 10.1. The van der Waals surface area contributed by atoms with Crippen LogP contribution in [0.15, 0.2) is 24.3 Å². The molecule has 1 aromatic heterocycles. The molecule has 0 saturated carbocycles. The predicted molar refractivity (Wildman–Crippen MR) is 80.0 cm³/mol. The van der Waals surface area contributed by atoms with Crippen LogP contribution in [0.3, 0.4) is 0 Å². The SMILES string of the molecule is CCC(=O)Nc1nc(C)c(Cc2ccccc2Cl)s1. The maximum atomic E-state index is 11.3. The first-order valence-electron chi connectivity index (χ1n) is 6.09. The van der Waals surface area contributed by atoms with Crippen LogP contribution in [0, 0.1) is 6.92 Å². The first kappa shape index (κ1) is 14.0. The summed E-state index contributed by atoms with van der Waals surface area (Å²) in [5.74, 6) is -0.0157. The van der Waals surface area contributed by atoms with Gasteiger partial charge in [-0.05, 0) is 18.6 Å². The van der Waals surface area contributed by atoms with Crippen LogP contribution < -0.4 is 5.32 Å². The summed E-state index contributed by atoms with van der Waals surface area (Å²) in [5.41, 5.74) is 2.01. The third-order valence-corrected chi connectivity index (χ3v) is 4.21. The third kappa shape index (κ3) is 3.55. The number of carbonyl (C=O) groups excluding carboxylic acids is 1. The molecule has 0 unspecified atom stereocenters. The average Bonchev–Trinajstić information content (AvgIpc) is 2.72. The number of aromatic nitrogens is 1. The van der Waals surface area contributed by atoms with Gasteiger partial charge in [-0.3, -0.25) is 4.79 Å². The average molecular weight is 295 g/mol. The smallest absolute Gasteiger partial charge is 0.225 e. The third-order valence-electron chi connectivity index (χ3n) is 2.77. The van der Waals surface area contributed by atoms with E-state index in [1.54, 1.807) is 0 Å². The van der Waals surface area contributed by atoms with E-state index in [-0.39, 0.29) is 5.91 Å². The molecule has 2 aromatic rings. The molecule has 3 nitrogen and oxygen atoms in total. The van der Waals surface area contributed by atoms with Crippen LogP contribution in [0.1, 0.15) is 29.5 Å². The highest BCUT2D eigenvalue weighted by Crippen LogP contribution is 2.27. The Morgan fingerprint density at radius 3 is 2.84 bits per heavy atom. The second-order valence-electron chi connectivity index (χ2n) is 4.20. The molecule has 1 amide bonds. The number of anilines is 1. The Hall–Kier alpha value is -1.39. The van der Waals surface area contributed by atoms with Crippen LogP contribution in [0.4, 0.5) is 5.13 Å². The summed E-state index contributed by atoms with van der Waals surface area (Å²) in [6, 6.07) is 7.77. The number of hydrogen-bond acceptors (Lipinski definition) is 3. The van der Waals surface area contributed by atoms with Gasteiger partial charge < -0.3 is 5.32 Å². The maximum absolute atomic E-state index is 11.3. The number of amides is 1. The Balaban J connectivity index is 2.17. The van der Waals surface area contributed by atoms with Crippen molar-refractivity contribution in [1.29, 1.82) is 0 Å². The summed E-state index contributed by atoms with van der Waals surface area (Å²) in [7, 11) is 0. The van der Waals surface area contributed by atoms with Crippen molar-refractivity contribution < 1.29 is 4.79 Å². The maximum Gasteiger partial charge on any atom is 0.225 e. The summed E-state index contributed by atoms with van der Waals surface area (Å²) in [4.78, 5) is 16.8. The summed E-state index contributed by atoms with van der Waals surface area (Å²) >= 11 is 7.66. The van der Waals surface area contributed by atoms with Gasteiger partial charge in [0.25, 0.3) is 0 Å². The Bertz CT molecular complexity index is 595. The summed E-state index contributed by atoms with van der Waals surface area (Å²) in [5, 5.41) is 4.21. The molecule has 19 heavy (non-hydrogen) atoms. The first-order chi connectivity index (χ1) is 9.10. The molecule has 1 aromatic carbocycles. The number of hydrogen-bond donors (Lipinski definition) is 1. The molecule has 0 radical (unpaired) electrons. The fraction of sp³-hybridized carbons (Fsp3) is 0.286. The van der Waals surface area contributed by atoms with Gasteiger partial charge in [0.2, 0.25) is 5.91 Å². The van der Waals surface area contributed by atoms with Gasteiger partial charge in [0.15, 0.2) is 5.13 Å². The molecule has 0 fully saturated rings. The molecular weight excluding hydrogens is 280 g/mol. The molecule has 0 atom stereocenters. The van der Waals surface area contributed by atoms with Gasteiger partial charge in [-0.15, -0.1) is 11.3 Å². The molecular formula is C14H15ClN2OS. The molecule has 0 aliphatic rings. The van der Waals surface area contributed by atoms with Gasteiger partial charge in [-0.25, -0.2) is 4.98 Å². The van der Waals surface area contributed by atoms with Crippen LogP contribution >= 0.6 is 22.9 Å². The van der Waals surface area contributed by atoms with E-state index in [2.05, 4.69) is 10.3 Å². The number of rotatable bonds is 4. The zero-order valence-corrected chi connectivity index (χ0v) is 12.4. The van der Waals surface area contributed by atoms with E-state index >= 15 is 0 Å². The van der Waals surface area contributed by atoms with Gasteiger partial charge in [0.1, 0.15) is 0 Å². The lowest BCUT2D eigenvalue weighted by Crippen LogP contribution is -2.08. The molecule has 1 N–H and O–H groups in total. The number of benzene rings is 1. The Morgan fingerprint density at radius 1 is 1.42 bits per heavy atom. The van der Waals surface area contributed by atoms with E-state index in [4.69, 9.17) is 11.6 Å². The fourth-order valence-corrected chi connectivity index (χ4v) is 2.87. The molecule has 100 valence electrons. The van der Waals surface area contributed by atoms with Crippen molar-refractivity contribution in [2.24, 2.45) is 0 Å².